The second-order valence-electron chi connectivity index (χ2n) is 4.72. The summed E-state index contributed by atoms with van der Waals surface area (Å²) in [5.41, 5.74) is 9.05. The van der Waals surface area contributed by atoms with Crippen LogP contribution in [0.4, 0.5) is 0 Å². The Morgan fingerprint density at radius 2 is 1.74 bits per heavy atom. The second kappa shape index (κ2) is 6.09. The Morgan fingerprint density at radius 3 is 2.37 bits per heavy atom. The zero-order valence-corrected chi connectivity index (χ0v) is 12.0. The van der Waals surface area contributed by atoms with Gasteiger partial charge in [0.1, 0.15) is 11.5 Å². The van der Waals surface area contributed by atoms with Crippen LogP contribution >= 0.6 is 11.6 Å². The van der Waals surface area contributed by atoms with Crippen molar-refractivity contribution in [1.82, 2.24) is 0 Å². The van der Waals surface area contributed by atoms with Gasteiger partial charge in [0.05, 0.1) is 0 Å². The van der Waals surface area contributed by atoms with Crippen molar-refractivity contribution in [3.05, 3.63) is 58.1 Å². The summed E-state index contributed by atoms with van der Waals surface area (Å²) in [6, 6.07) is 11.8. The van der Waals surface area contributed by atoms with Crippen molar-refractivity contribution >= 4 is 11.6 Å². The molecule has 0 heterocycles. The normalized spacial score (nSPS) is 10.5. The largest absolute Gasteiger partial charge is 0.457 e. The van der Waals surface area contributed by atoms with E-state index in [4.69, 9.17) is 22.1 Å². The molecule has 2 aromatic carbocycles. The van der Waals surface area contributed by atoms with Gasteiger partial charge in [0, 0.05) is 5.02 Å². The molecule has 0 amide bonds. The Bertz CT molecular complexity index is 561. The van der Waals surface area contributed by atoms with Crippen LogP contribution in [0.25, 0.3) is 0 Å². The maximum Gasteiger partial charge on any atom is 0.132 e. The van der Waals surface area contributed by atoms with Gasteiger partial charge in [-0.3, -0.25) is 0 Å². The van der Waals surface area contributed by atoms with Crippen molar-refractivity contribution in [2.45, 2.75) is 20.3 Å². The molecule has 0 aliphatic heterocycles. The molecular formula is C16H18ClNO. The van der Waals surface area contributed by atoms with Gasteiger partial charge in [-0.2, -0.15) is 0 Å². The lowest BCUT2D eigenvalue weighted by Crippen LogP contribution is -2.04. The third-order valence-electron chi connectivity index (χ3n) is 2.87. The Balaban J connectivity index is 2.33. The lowest BCUT2D eigenvalue weighted by Gasteiger charge is -2.12. The molecule has 19 heavy (non-hydrogen) atoms. The maximum atomic E-state index is 6.03. The van der Waals surface area contributed by atoms with Gasteiger partial charge in [-0.15, -0.1) is 0 Å². The first-order valence-corrected chi connectivity index (χ1v) is 6.71. The van der Waals surface area contributed by atoms with Gasteiger partial charge >= 0.3 is 0 Å². The van der Waals surface area contributed by atoms with Crippen molar-refractivity contribution in [3.8, 4) is 11.5 Å². The summed E-state index contributed by atoms with van der Waals surface area (Å²) in [5.74, 6) is 1.61. The third kappa shape index (κ3) is 3.72. The average Bonchev–Trinajstić information content (AvgIpc) is 2.31. The highest BCUT2D eigenvalue weighted by molar-refractivity contribution is 6.30. The summed E-state index contributed by atoms with van der Waals surface area (Å²) in [6.07, 6.45) is 0.775. The molecule has 2 aromatic rings. The quantitative estimate of drug-likeness (QED) is 0.905. The summed E-state index contributed by atoms with van der Waals surface area (Å²) in [5, 5.41) is 0.667. The standard InChI is InChI=1S/C16H18ClNO/c1-11-7-12(2)9-15(8-11)19-16-10-14(17)4-3-13(16)5-6-18/h3-4,7-10H,5-6,18H2,1-2H3. The molecular weight excluding hydrogens is 258 g/mol. The van der Waals surface area contributed by atoms with Crippen molar-refractivity contribution in [2.75, 3.05) is 6.54 Å². The lowest BCUT2D eigenvalue weighted by atomic mass is 10.1. The van der Waals surface area contributed by atoms with Crippen molar-refractivity contribution in [1.29, 1.82) is 0 Å². The fraction of sp³-hybridized carbons (Fsp3) is 0.250. The number of halogens is 1. The van der Waals surface area contributed by atoms with Gasteiger partial charge in [0.25, 0.3) is 0 Å². The molecule has 0 fully saturated rings. The summed E-state index contributed by atoms with van der Waals surface area (Å²) in [6.45, 7) is 4.70. The van der Waals surface area contributed by atoms with E-state index < -0.39 is 0 Å². The molecule has 0 unspecified atom stereocenters. The van der Waals surface area contributed by atoms with Crippen LogP contribution in [-0.4, -0.2) is 6.54 Å². The second-order valence-corrected chi connectivity index (χ2v) is 5.15. The van der Waals surface area contributed by atoms with E-state index in [-0.39, 0.29) is 0 Å². The van der Waals surface area contributed by atoms with Gasteiger partial charge in [0.15, 0.2) is 0 Å². The van der Waals surface area contributed by atoms with Crippen LogP contribution in [0.15, 0.2) is 36.4 Å². The molecule has 0 radical (unpaired) electrons. The van der Waals surface area contributed by atoms with Crippen LogP contribution < -0.4 is 10.5 Å². The minimum Gasteiger partial charge on any atom is -0.457 e. The minimum atomic E-state index is 0.588. The highest BCUT2D eigenvalue weighted by Gasteiger charge is 2.06. The van der Waals surface area contributed by atoms with Gasteiger partial charge in [-0.25, -0.2) is 0 Å². The highest BCUT2D eigenvalue weighted by Crippen LogP contribution is 2.29. The Hall–Kier alpha value is -1.51. The smallest absolute Gasteiger partial charge is 0.132 e. The molecule has 0 aromatic heterocycles. The fourth-order valence-electron chi connectivity index (χ4n) is 2.10. The van der Waals surface area contributed by atoms with E-state index in [2.05, 4.69) is 19.9 Å². The number of rotatable bonds is 4. The number of benzene rings is 2. The van der Waals surface area contributed by atoms with Gasteiger partial charge in [0.2, 0.25) is 0 Å². The Kier molecular flexibility index (Phi) is 4.46. The first kappa shape index (κ1) is 13.9. The molecule has 3 heteroatoms. The van der Waals surface area contributed by atoms with Crippen LogP contribution in [0.3, 0.4) is 0 Å². The number of ether oxygens (including phenoxy) is 1. The molecule has 0 atom stereocenters. The molecule has 0 saturated carbocycles. The molecule has 0 bridgehead atoms. The summed E-state index contributed by atoms with van der Waals surface area (Å²) >= 11 is 6.03. The van der Waals surface area contributed by atoms with E-state index in [0.29, 0.717) is 11.6 Å². The highest BCUT2D eigenvalue weighted by atomic mass is 35.5. The first-order chi connectivity index (χ1) is 9.08. The van der Waals surface area contributed by atoms with Gasteiger partial charge in [-0.05, 0) is 67.8 Å². The van der Waals surface area contributed by atoms with Crippen molar-refractivity contribution < 1.29 is 4.74 Å². The van der Waals surface area contributed by atoms with Crippen LogP contribution in [0.5, 0.6) is 11.5 Å². The van der Waals surface area contributed by atoms with Gasteiger partial charge < -0.3 is 10.5 Å². The minimum absolute atomic E-state index is 0.588. The molecule has 2 rings (SSSR count). The van der Waals surface area contributed by atoms with Crippen LogP contribution in [-0.2, 0) is 6.42 Å². The molecule has 0 aliphatic carbocycles. The summed E-state index contributed by atoms with van der Waals surface area (Å²) < 4.78 is 5.96. The number of nitrogens with two attached hydrogens (primary N) is 1. The number of hydrogen-bond donors (Lipinski definition) is 1. The molecule has 2 nitrogen and oxygen atoms in total. The average molecular weight is 276 g/mol. The first-order valence-electron chi connectivity index (χ1n) is 6.33. The molecule has 2 N–H and O–H groups in total. The Morgan fingerprint density at radius 1 is 1.05 bits per heavy atom. The molecule has 100 valence electrons. The van der Waals surface area contributed by atoms with E-state index in [0.717, 1.165) is 23.5 Å². The number of hydrogen-bond acceptors (Lipinski definition) is 2. The maximum absolute atomic E-state index is 6.03. The lowest BCUT2D eigenvalue weighted by molar-refractivity contribution is 0.475. The number of aryl methyl sites for hydroxylation is 2. The fourth-order valence-corrected chi connectivity index (χ4v) is 2.27. The van der Waals surface area contributed by atoms with E-state index in [9.17, 15) is 0 Å². The van der Waals surface area contributed by atoms with E-state index in [1.807, 2.05) is 30.3 Å². The summed E-state index contributed by atoms with van der Waals surface area (Å²) in [4.78, 5) is 0. The van der Waals surface area contributed by atoms with Gasteiger partial charge in [-0.1, -0.05) is 23.7 Å². The topological polar surface area (TPSA) is 35.2 Å². The summed E-state index contributed by atoms with van der Waals surface area (Å²) in [7, 11) is 0. The van der Waals surface area contributed by atoms with Crippen LogP contribution in [0, 0.1) is 13.8 Å². The molecule has 0 aliphatic rings. The molecule has 0 spiro atoms. The van der Waals surface area contributed by atoms with E-state index in [1.54, 1.807) is 0 Å². The third-order valence-corrected chi connectivity index (χ3v) is 3.10. The van der Waals surface area contributed by atoms with Crippen LogP contribution in [0.2, 0.25) is 5.02 Å². The van der Waals surface area contributed by atoms with E-state index in [1.165, 1.54) is 11.1 Å². The predicted octanol–water partition coefficient (Wildman–Crippen LogP) is 4.25. The zero-order valence-electron chi connectivity index (χ0n) is 11.2. The van der Waals surface area contributed by atoms with E-state index >= 15 is 0 Å². The monoisotopic (exact) mass is 275 g/mol. The van der Waals surface area contributed by atoms with Crippen molar-refractivity contribution in [2.24, 2.45) is 5.73 Å². The Labute approximate surface area is 119 Å². The zero-order chi connectivity index (χ0) is 13.8. The SMILES string of the molecule is Cc1cc(C)cc(Oc2cc(Cl)ccc2CCN)c1. The van der Waals surface area contributed by atoms with Crippen molar-refractivity contribution in [3.63, 3.8) is 0 Å². The molecule has 0 saturated heterocycles. The van der Waals surface area contributed by atoms with Crippen LogP contribution in [0.1, 0.15) is 16.7 Å². The predicted molar refractivity (Wildman–Crippen MR) is 80.2 cm³/mol.